The number of hydrogen-bond acceptors (Lipinski definition) is 2. The monoisotopic (exact) mass is 413 g/mol. The number of fused-ring (bicyclic) bond motifs is 1. The second-order valence-corrected chi connectivity index (χ2v) is 7.98. The van der Waals surface area contributed by atoms with Crippen molar-refractivity contribution >= 4 is 10.9 Å². The quantitative estimate of drug-likeness (QED) is 0.458. The number of nitrogens with one attached hydrogen (secondary N) is 2. The summed E-state index contributed by atoms with van der Waals surface area (Å²) in [5, 5.41) is 0.682. The summed E-state index contributed by atoms with van der Waals surface area (Å²) in [5.74, 6) is 0.709. The van der Waals surface area contributed by atoms with Gasteiger partial charge in [0.25, 0.3) is 0 Å². The van der Waals surface area contributed by atoms with E-state index in [0.29, 0.717) is 24.3 Å². The fourth-order valence-electron chi connectivity index (χ4n) is 3.92. The van der Waals surface area contributed by atoms with E-state index < -0.39 is 0 Å². The molecule has 2 N–H and O–H groups in total. The lowest BCUT2D eigenvalue weighted by molar-refractivity contribution is -0.925. The number of aromatic amines is 1. The third kappa shape index (κ3) is 5.04. The standard InChI is InChI=1S/C27H28N2O2/c1-3-29(17-21-10-6-4-7-11-21)18-25-20(2)28-26-15-14-23(16-24(26)27(25)30)31-19-22-12-8-5-9-13-22/h4-16H,3,17-19H2,1-2H3,(H,28,30)/p+1. The van der Waals surface area contributed by atoms with Gasteiger partial charge in [-0.05, 0) is 37.6 Å². The van der Waals surface area contributed by atoms with Crippen molar-refractivity contribution in [1.29, 1.82) is 0 Å². The second-order valence-electron chi connectivity index (χ2n) is 7.98. The van der Waals surface area contributed by atoms with Crippen LogP contribution in [0.4, 0.5) is 0 Å². The lowest BCUT2D eigenvalue weighted by atomic mass is 10.1. The van der Waals surface area contributed by atoms with Crippen molar-refractivity contribution in [2.45, 2.75) is 33.5 Å². The number of ether oxygens (including phenoxy) is 1. The van der Waals surface area contributed by atoms with E-state index in [4.69, 9.17) is 4.74 Å². The Labute approximate surface area is 183 Å². The van der Waals surface area contributed by atoms with Crippen molar-refractivity contribution in [1.82, 2.24) is 4.98 Å². The van der Waals surface area contributed by atoms with E-state index in [2.05, 4.69) is 36.2 Å². The van der Waals surface area contributed by atoms with Gasteiger partial charge in [-0.1, -0.05) is 60.7 Å². The van der Waals surface area contributed by atoms with Crippen LogP contribution in [0.15, 0.2) is 83.7 Å². The maximum Gasteiger partial charge on any atom is 0.198 e. The summed E-state index contributed by atoms with van der Waals surface area (Å²) in [6.45, 7) is 7.18. The lowest BCUT2D eigenvalue weighted by Crippen LogP contribution is -3.09. The highest BCUT2D eigenvalue weighted by atomic mass is 16.5. The topological polar surface area (TPSA) is 46.5 Å². The summed E-state index contributed by atoms with van der Waals surface area (Å²) in [7, 11) is 0. The van der Waals surface area contributed by atoms with Gasteiger partial charge in [-0.15, -0.1) is 0 Å². The Hall–Kier alpha value is -3.37. The van der Waals surface area contributed by atoms with E-state index in [9.17, 15) is 4.79 Å². The number of hydrogen-bond donors (Lipinski definition) is 2. The molecule has 31 heavy (non-hydrogen) atoms. The fraction of sp³-hybridized carbons (Fsp3) is 0.222. The molecule has 4 nitrogen and oxygen atoms in total. The molecule has 1 heterocycles. The Morgan fingerprint density at radius 3 is 2.23 bits per heavy atom. The lowest BCUT2D eigenvalue weighted by Gasteiger charge is -2.19. The van der Waals surface area contributed by atoms with Crippen molar-refractivity contribution in [3.05, 3.63) is 111 Å². The maximum atomic E-state index is 13.4. The first-order chi connectivity index (χ1) is 15.1. The van der Waals surface area contributed by atoms with Crippen LogP contribution in [0.25, 0.3) is 10.9 Å². The molecule has 0 bridgehead atoms. The molecule has 1 aromatic heterocycles. The van der Waals surface area contributed by atoms with Crippen LogP contribution in [0.3, 0.4) is 0 Å². The molecule has 0 spiro atoms. The Morgan fingerprint density at radius 2 is 1.55 bits per heavy atom. The van der Waals surface area contributed by atoms with Crippen LogP contribution in [0.1, 0.15) is 29.3 Å². The van der Waals surface area contributed by atoms with E-state index in [1.807, 2.05) is 61.5 Å². The van der Waals surface area contributed by atoms with Gasteiger partial charge in [-0.25, -0.2) is 0 Å². The molecule has 4 heteroatoms. The molecule has 4 aromatic rings. The summed E-state index contributed by atoms with van der Waals surface area (Å²) in [5.41, 5.74) is 5.11. The van der Waals surface area contributed by atoms with Crippen LogP contribution in [0.2, 0.25) is 0 Å². The molecule has 0 saturated carbocycles. The molecule has 4 rings (SSSR count). The molecule has 0 fully saturated rings. The summed E-state index contributed by atoms with van der Waals surface area (Å²) >= 11 is 0. The first-order valence-electron chi connectivity index (χ1n) is 10.8. The molecule has 158 valence electrons. The maximum absolute atomic E-state index is 13.4. The van der Waals surface area contributed by atoms with Crippen LogP contribution in [0, 0.1) is 6.92 Å². The average Bonchev–Trinajstić information content (AvgIpc) is 2.81. The summed E-state index contributed by atoms with van der Waals surface area (Å²) in [4.78, 5) is 18.2. The number of pyridine rings is 1. The van der Waals surface area contributed by atoms with Crippen LogP contribution >= 0.6 is 0 Å². The minimum atomic E-state index is 0.0930. The molecular weight excluding hydrogens is 384 g/mol. The molecule has 0 saturated heterocycles. The van der Waals surface area contributed by atoms with Gasteiger partial charge in [0.1, 0.15) is 25.4 Å². The molecule has 3 aromatic carbocycles. The van der Waals surface area contributed by atoms with Gasteiger partial charge in [0.15, 0.2) is 5.43 Å². The summed E-state index contributed by atoms with van der Waals surface area (Å²) in [6, 6.07) is 26.2. The van der Waals surface area contributed by atoms with Crippen LogP contribution in [-0.4, -0.2) is 11.5 Å². The number of rotatable bonds is 8. The van der Waals surface area contributed by atoms with Gasteiger partial charge >= 0.3 is 0 Å². The van der Waals surface area contributed by atoms with Gasteiger partial charge < -0.3 is 14.6 Å². The molecule has 1 unspecified atom stereocenters. The minimum absolute atomic E-state index is 0.0930. The van der Waals surface area contributed by atoms with Crippen molar-refractivity contribution in [2.75, 3.05) is 6.54 Å². The Balaban J connectivity index is 1.58. The highest BCUT2D eigenvalue weighted by Crippen LogP contribution is 2.19. The van der Waals surface area contributed by atoms with Gasteiger partial charge in [-0.2, -0.15) is 0 Å². The zero-order valence-electron chi connectivity index (χ0n) is 18.2. The van der Waals surface area contributed by atoms with Crippen molar-refractivity contribution in [2.24, 2.45) is 0 Å². The van der Waals surface area contributed by atoms with Gasteiger partial charge in [0.05, 0.1) is 12.1 Å². The second kappa shape index (κ2) is 9.63. The smallest absolute Gasteiger partial charge is 0.198 e. The third-order valence-electron chi connectivity index (χ3n) is 5.76. The average molecular weight is 414 g/mol. The SMILES string of the molecule is CC[NH+](Cc1ccccc1)Cc1c(C)[nH]c2ccc(OCc3ccccc3)cc2c1=O. The van der Waals surface area contributed by atoms with E-state index in [1.54, 1.807) is 0 Å². The molecule has 0 radical (unpaired) electrons. The Kier molecular flexibility index (Phi) is 6.48. The molecule has 0 aliphatic carbocycles. The minimum Gasteiger partial charge on any atom is -0.489 e. The molecule has 1 atom stereocenters. The van der Waals surface area contributed by atoms with Crippen LogP contribution in [-0.2, 0) is 19.7 Å². The number of benzene rings is 3. The van der Waals surface area contributed by atoms with Gasteiger partial charge in [-0.3, -0.25) is 4.79 Å². The highest BCUT2D eigenvalue weighted by molar-refractivity contribution is 5.81. The Bertz CT molecular complexity index is 1200. The van der Waals surface area contributed by atoms with Crippen molar-refractivity contribution < 1.29 is 9.64 Å². The van der Waals surface area contributed by atoms with E-state index in [-0.39, 0.29) is 5.43 Å². The molecule has 0 aliphatic rings. The highest BCUT2D eigenvalue weighted by Gasteiger charge is 2.16. The van der Waals surface area contributed by atoms with Crippen molar-refractivity contribution in [3.63, 3.8) is 0 Å². The van der Waals surface area contributed by atoms with Gasteiger partial charge in [0, 0.05) is 22.2 Å². The normalized spacial score (nSPS) is 12.1. The molecule has 0 amide bonds. The Morgan fingerprint density at radius 1 is 0.871 bits per heavy atom. The van der Waals surface area contributed by atoms with Crippen molar-refractivity contribution in [3.8, 4) is 5.75 Å². The van der Waals surface area contributed by atoms with Crippen LogP contribution < -0.4 is 15.1 Å². The number of H-pyrrole nitrogens is 1. The van der Waals surface area contributed by atoms with E-state index >= 15 is 0 Å². The summed E-state index contributed by atoms with van der Waals surface area (Å²) < 4.78 is 5.95. The predicted molar refractivity (Wildman–Crippen MR) is 125 cm³/mol. The molecule has 0 aliphatic heterocycles. The van der Waals surface area contributed by atoms with Crippen LogP contribution in [0.5, 0.6) is 5.75 Å². The zero-order valence-corrected chi connectivity index (χ0v) is 18.2. The molecular formula is C27H29N2O2+. The number of quaternary nitrogens is 1. The summed E-state index contributed by atoms with van der Waals surface area (Å²) in [6.07, 6.45) is 0. The number of aromatic nitrogens is 1. The third-order valence-corrected chi connectivity index (χ3v) is 5.76. The first kappa shape index (κ1) is 20.9. The fourth-order valence-corrected chi connectivity index (χ4v) is 3.92. The zero-order chi connectivity index (χ0) is 21.6. The van der Waals surface area contributed by atoms with E-state index in [0.717, 1.165) is 35.4 Å². The van der Waals surface area contributed by atoms with Gasteiger partial charge in [0.2, 0.25) is 0 Å². The number of aryl methyl sites for hydroxylation is 1. The van der Waals surface area contributed by atoms with E-state index in [1.165, 1.54) is 10.5 Å². The first-order valence-corrected chi connectivity index (χ1v) is 10.8. The largest absolute Gasteiger partial charge is 0.489 e. The predicted octanol–water partition coefficient (Wildman–Crippen LogP) is 4.02.